The highest BCUT2D eigenvalue weighted by Crippen LogP contribution is 2.19. The maximum absolute atomic E-state index is 13.1. The summed E-state index contributed by atoms with van der Waals surface area (Å²) < 4.78 is 0. The van der Waals surface area contributed by atoms with Crippen molar-refractivity contribution in [2.24, 2.45) is 0 Å². The lowest BCUT2D eigenvalue weighted by atomic mass is 10.1. The van der Waals surface area contributed by atoms with Crippen molar-refractivity contribution in [1.82, 2.24) is 9.80 Å². The minimum Gasteiger partial charge on any atom is -0.339 e. The molecule has 2 amide bonds. The maximum Gasteiger partial charge on any atom is 0.223 e. The molecule has 1 heterocycles. The fourth-order valence-corrected chi connectivity index (χ4v) is 5.89. The van der Waals surface area contributed by atoms with E-state index in [9.17, 15) is 9.59 Å². The van der Waals surface area contributed by atoms with E-state index in [0.29, 0.717) is 25.9 Å². The van der Waals surface area contributed by atoms with Crippen molar-refractivity contribution in [3.8, 4) is 0 Å². The monoisotopic (exact) mass is 709 g/mol. The summed E-state index contributed by atoms with van der Waals surface area (Å²) in [5, 5.41) is 0. The van der Waals surface area contributed by atoms with Gasteiger partial charge in [0.05, 0.1) is 0 Å². The lowest BCUT2D eigenvalue weighted by Crippen LogP contribution is -2.59. The van der Waals surface area contributed by atoms with Crippen LogP contribution < -0.4 is 0 Å². The van der Waals surface area contributed by atoms with Crippen molar-refractivity contribution in [2.45, 2.75) is 143 Å². The molecule has 0 unspecified atom stereocenters. The van der Waals surface area contributed by atoms with E-state index in [1.807, 2.05) is 9.80 Å². The van der Waals surface area contributed by atoms with Gasteiger partial charge in [0.15, 0.2) is 0 Å². The molecular formula is C48H72N2O2. The number of carbonyl (C=O) groups is 2. The van der Waals surface area contributed by atoms with Gasteiger partial charge in [0, 0.05) is 38.0 Å². The summed E-state index contributed by atoms with van der Waals surface area (Å²) in [6, 6.07) is 0.0767. The number of hydrogen-bond donors (Lipinski definition) is 0. The molecular weight excluding hydrogens is 637 g/mol. The van der Waals surface area contributed by atoms with Gasteiger partial charge in [-0.05, 0) is 104 Å². The van der Waals surface area contributed by atoms with E-state index in [1.165, 1.54) is 0 Å². The second-order valence-corrected chi connectivity index (χ2v) is 13.4. The summed E-state index contributed by atoms with van der Waals surface area (Å²) in [7, 11) is 0. The number of piperazine rings is 1. The number of amides is 2. The van der Waals surface area contributed by atoms with Gasteiger partial charge in [0.25, 0.3) is 0 Å². The molecule has 4 heteroatoms. The van der Waals surface area contributed by atoms with Gasteiger partial charge < -0.3 is 9.80 Å². The average Bonchev–Trinajstić information content (AvgIpc) is 3.13. The van der Waals surface area contributed by atoms with Gasteiger partial charge >= 0.3 is 0 Å². The molecule has 0 aliphatic carbocycles. The third kappa shape index (κ3) is 25.9. The molecule has 0 bridgehead atoms. The summed E-state index contributed by atoms with van der Waals surface area (Å²) in [5.74, 6) is 0.390. The number of hydrogen-bond acceptors (Lipinski definition) is 2. The third-order valence-corrected chi connectivity index (χ3v) is 8.60. The second kappa shape index (κ2) is 34.2. The van der Waals surface area contributed by atoms with Gasteiger partial charge in [-0.1, -0.05) is 148 Å². The fraction of sp³-hybridized carbons (Fsp3) is 0.500. The minimum absolute atomic E-state index is 0.0384. The Bertz CT molecular complexity index is 1240. The van der Waals surface area contributed by atoms with Crippen LogP contribution in [0.5, 0.6) is 0 Å². The zero-order valence-corrected chi connectivity index (χ0v) is 33.3. The molecule has 0 aromatic carbocycles. The van der Waals surface area contributed by atoms with E-state index in [4.69, 9.17) is 0 Å². The molecule has 1 aliphatic rings. The maximum atomic E-state index is 13.1. The van der Waals surface area contributed by atoms with Gasteiger partial charge in [0.2, 0.25) is 11.8 Å². The Hall–Kier alpha value is -3.92. The molecule has 1 fully saturated rings. The second-order valence-electron chi connectivity index (χ2n) is 13.4. The first-order valence-corrected chi connectivity index (χ1v) is 20.2. The van der Waals surface area contributed by atoms with Crippen LogP contribution in [-0.4, -0.2) is 46.8 Å². The van der Waals surface area contributed by atoms with Crippen LogP contribution in [0.25, 0.3) is 0 Å². The van der Waals surface area contributed by atoms with E-state index in [2.05, 4.69) is 161 Å². The third-order valence-electron chi connectivity index (χ3n) is 8.60. The lowest BCUT2D eigenvalue weighted by Gasteiger charge is -2.44. The van der Waals surface area contributed by atoms with Gasteiger partial charge in [-0.25, -0.2) is 0 Å². The molecule has 0 spiro atoms. The predicted octanol–water partition coefficient (Wildman–Crippen LogP) is 12.8. The Morgan fingerprint density at radius 2 is 0.731 bits per heavy atom. The lowest BCUT2D eigenvalue weighted by molar-refractivity contribution is -0.146. The molecule has 4 nitrogen and oxygen atoms in total. The van der Waals surface area contributed by atoms with Crippen molar-refractivity contribution in [2.75, 3.05) is 13.1 Å². The standard InChI is InChI=1S/C48H72N2O2/c1-5-7-9-11-13-15-17-19-21-23-24-26-28-30-32-34-36-38-40-42-48(52)50-45(3)43-49(44-46(50)4)47(51)41-39-37-35-33-31-29-27-25-22-20-18-16-14-12-10-8-6-2/h7-10,13-16,19-22,24,26-27,29-30,32-33,35-36,38,45-46H,5-6,11-12,17-18,23,25,28,31,34,37,39-44H2,1-4H3/b9-7-,10-8-,15-13-,16-14-,21-19-,22-20-,26-24-,29-27-,32-30-,35-33-,38-36-/t45-,46+. The van der Waals surface area contributed by atoms with Crippen LogP contribution >= 0.6 is 0 Å². The van der Waals surface area contributed by atoms with Crippen LogP contribution in [-0.2, 0) is 9.59 Å². The van der Waals surface area contributed by atoms with E-state index < -0.39 is 0 Å². The Morgan fingerprint density at radius 1 is 0.423 bits per heavy atom. The number of rotatable bonds is 27. The first kappa shape index (κ1) is 46.1. The van der Waals surface area contributed by atoms with Crippen molar-refractivity contribution in [3.63, 3.8) is 0 Å². The molecule has 1 saturated heterocycles. The van der Waals surface area contributed by atoms with Crippen molar-refractivity contribution >= 4 is 11.8 Å². The van der Waals surface area contributed by atoms with Crippen molar-refractivity contribution in [3.05, 3.63) is 134 Å². The Labute approximate surface area is 319 Å². The molecule has 0 saturated carbocycles. The number of carbonyl (C=O) groups excluding carboxylic acids is 2. The molecule has 52 heavy (non-hydrogen) atoms. The van der Waals surface area contributed by atoms with Crippen molar-refractivity contribution in [1.29, 1.82) is 0 Å². The number of nitrogens with zero attached hydrogens (tertiary/aromatic N) is 2. The fourth-order valence-electron chi connectivity index (χ4n) is 5.89. The molecule has 286 valence electrons. The van der Waals surface area contributed by atoms with Crippen LogP contribution in [0.15, 0.2) is 134 Å². The van der Waals surface area contributed by atoms with Gasteiger partial charge in [0.1, 0.15) is 0 Å². The van der Waals surface area contributed by atoms with Gasteiger partial charge in [-0.3, -0.25) is 9.59 Å². The largest absolute Gasteiger partial charge is 0.339 e. The van der Waals surface area contributed by atoms with Crippen LogP contribution in [0.2, 0.25) is 0 Å². The smallest absolute Gasteiger partial charge is 0.223 e. The summed E-state index contributed by atoms with van der Waals surface area (Å²) in [4.78, 5) is 30.0. The zero-order valence-electron chi connectivity index (χ0n) is 33.3. The molecule has 0 aromatic rings. The van der Waals surface area contributed by atoms with E-state index >= 15 is 0 Å². The predicted molar refractivity (Wildman–Crippen MR) is 228 cm³/mol. The van der Waals surface area contributed by atoms with Gasteiger partial charge in [-0.15, -0.1) is 0 Å². The molecule has 0 aromatic heterocycles. The molecule has 1 aliphatic heterocycles. The Kier molecular flexibility index (Phi) is 30.3. The van der Waals surface area contributed by atoms with Crippen LogP contribution in [0.3, 0.4) is 0 Å². The number of unbranched alkanes of at least 4 members (excludes halogenated alkanes) is 1. The van der Waals surface area contributed by atoms with Crippen LogP contribution in [0, 0.1) is 0 Å². The Balaban J connectivity index is 2.16. The average molecular weight is 709 g/mol. The summed E-state index contributed by atoms with van der Waals surface area (Å²) in [6.07, 6.45) is 62.9. The molecule has 1 rings (SSSR count). The highest BCUT2D eigenvalue weighted by Gasteiger charge is 2.33. The summed E-state index contributed by atoms with van der Waals surface area (Å²) in [6.45, 7) is 9.70. The van der Waals surface area contributed by atoms with Crippen LogP contribution in [0.4, 0.5) is 0 Å². The molecule has 0 radical (unpaired) electrons. The normalized spacial score (nSPS) is 17.9. The summed E-state index contributed by atoms with van der Waals surface area (Å²) >= 11 is 0. The zero-order chi connectivity index (χ0) is 37.7. The van der Waals surface area contributed by atoms with Crippen molar-refractivity contribution < 1.29 is 9.59 Å². The van der Waals surface area contributed by atoms with Crippen LogP contribution in [0.1, 0.15) is 130 Å². The van der Waals surface area contributed by atoms with E-state index in [0.717, 1.165) is 89.9 Å². The highest BCUT2D eigenvalue weighted by molar-refractivity contribution is 5.79. The number of allylic oxidation sites excluding steroid dienone is 22. The van der Waals surface area contributed by atoms with E-state index in [-0.39, 0.29) is 23.9 Å². The van der Waals surface area contributed by atoms with Gasteiger partial charge in [-0.2, -0.15) is 0 Å². The Morgan fingerprint density at radius 3 is 1.08 bits per heavy atom. The highest BCUT2D eigenvalue weighted by atomic mass is 16.2. The SMILES string of the molecule is CC/C=C\C/C=C\C/C=C\C/C=C\C/C=C\C/C=C\CCC(=O)N1[C@H](C)CN(C(=O)CCC/C=C\C/C=C\C/C=C\C/C=C\C/C=C\CC)C[C@@H]1C. The molecule has 2 atom stereocenters. The summed E-state index contributed by atoms with van der Waals surface area (Å²) in [5.41, 5.74) is 0. The minimum atomic E-state index is 0.0384. The first-order chi connectivity index (χ1) is 25.5. The first-order valence-electron chi connectivity index (χ1n) is 20.2. The molecule has 0 N–H and O–H groups in total. The van der Waals surface area contributed by atoms with E-state index in [1.54, 1.807) is 0 Å². The topological polar surface area (TPSA) is 40.6 Å². The quantitative estimate of drug-likeness (QED) is 0.0629.